The van der Waals surface area contributed by atoms with Gasteiger partial charge in [0.25, 0.3) is 0 Å². The molecule has 1 atom stereocenters. The summed E-state index contributed by atoms with van der Waals surface area (Å²) in [7, 11) is 0. The molecule has 2 aliphatic heterocycles. The zero-order valence-corrected chi connectivity index (χ0v) is 15.1. The maximum absolute atomic E-state index is 2.68. The van der Waals surface area contributed by atoms with Crippen LogP contribution in [0.4, 0.5) is 5.69 Å². The number of hydrogen-bond acceptors (Lipinski definition) is 3. The van der Waals surface area contributed by atoms with Gasteiger partial charge in [-0.05, 0) is 36.6 Å². The van der Waals surface area contributed by atoms with Crippen LogP contribution in [0.3, 0.4) is 0 Å². The second-order valence-corrected chi connectivity index (χ2v) is 7.50. The average molecular weight is 335 g/mol. The van der Waals surface area contributed by atoms with E-state index in [4.69, 9.17) is 0 Å². The first kappa shape index (κ1) is 16.6. The van der Waals surface area contributed by atoms with Crippen LogP contribution in [0.5, 0.6) is 0 Å². The first-order valence-corrected chi connectivity index (χ1v) is 9.65. The highest BCUT2D eigenvalue weighted by Crippen LogP contribution is 2.21. The van der Waals surface area contributed by atoms with Crippen molar-refractivity contribution in [3.8, 4) is 0 Å². The molecule has 0 aromatic heterocycles. The molecule has 2 fully saturated rings. The lowest BCUT2D eigenvalue weighted by molar-refractivity contribution is 0.214. The third-order valence-corrected chi connectivity index (χ3v) is 5.63. The number of piperazine rings is 1. The summed E-state index contributed by atoms with van der Waals surface area (Å²) in [6.07, 6.45) is 1.35. The predicted molar refractivity (Wildman–Crippen MR) is 105 cm³/mol. The van der Waals surface area contributed by atoms with Crippen molar-refractivity contribution in [1.29, 1.82) is 0 Å². The van der Waals surface area contributed by atoms with E-state index in [0.29, 0.717) is 0 Å². The van der Waals surface area contributed by atoms with Gasteiger partial charge < -0.3 is 4.90 Å². The van der Waals surface area contributed by atoms with Crippen molar-refractivity contribution in [2.75, 3.05) is 50.7 Å². The summed E-state index contributed by atoms with van der Waals surface area (Å²) >= 11 is 0. The fourth-order valence-corrected chi connectivity index (χ4v) is 4.24. The van der Waals surface area contributed by atoms with Crippen LogP contribution in [0, 0.1) is 5.92 Å². The van der Waals surface area contributed by atoms with Crippen molar-refractivity contribution < 1.29 is 0 Å². The standard InChI is InChI=1S/C22H29N3/c1-3-7-20(8-4-1)17-24-12-11-21(19-24)18-23-13-15-25(16-14-23)22-9-5-2-6-10-22/h1-10,21H,11-19H2/t21-/m0/s1. The Morgan fingerprint density at radius 1 is 0.720 bits per heavy atom. The SMILES string of the molecule is c1ccc(CN2CC[C@@H](CN3CCN(c4ccccc4)CC3)C2)cc1. The van der Waals surface area contributed by atoms with E-state index in [2.05, 4.69) is 75.4 Å². The van der Waals surface area contributed by atoms with Gasteiger partial charge in [-0.25, -0.2) is 0 Å². The summed E-state index contributed by atoms with van der Waals surface area (Å²) in [5.41, 5.74) is 2.82. The first-order chi connectivity index (χ1) is 12.4. The predicted octanol–water partition coefficient (Wildman–Crippen LogP) is 3.33. The van der Waals surface area contributed by atoms with Crippen molar-refractivity contribution in [1.82, 2.24) is 9.80 Å². The molecule has 0 amide bonds. The molecule has 3 nitrogen and oxygen atoms in total. The van der Waals surface area contributed by atoms with E-state index >= 15 is 0 Å². The highest BCUT2D eigenvalue weighted by molar-refractivity contribution is 5.46. The Morgan fingerprint density at radius 3 is 2.12 bits per heavy atom. The van der Waals surface area contributed by atoms with E-state index in [1.165, 1.54) is 50.4 Å². The van der Waals surface area contributed by atoms with Crippen molar-refractivity contribution >= 4 is 5.69 Å². The van der Waals surface area contributed by atoms with E-state index in [9.17, 15) is 0 Å². The van der Waals surface area contributed by atoms with Gasteiger partial charge >= 0.3 is 0 Å². The van der Waals surface area contributed by atoms with Crippen molar-refractivity contribution in [2.24, 2.45) is 5.92 Å². The first-order valence-electron chi connectivity index (χ1n) is 9.65. The number of nitrogens with zero attached hydrogens (tertiary/aromatic N) is 3. The Morgan fingerprint density at radius 2 is 1.40 bits per heavy atom. The van der Waals surface area contributed by atoms with Crippen LogP contribution in [-0.2, 0) is 6.54 Å². The summed E-state index contributed by atoms with van der Waals surface area (Å²) in [6, 6.07) is 21.7. The van der Waals surface area contributed by atoms with Gasteiger partial charge in [0.1, 0.15) is 0 Å². The summed E-state index contributed by atoms with van der Waals surface area (Å²) < 4.78 is 0. The molecule has 2 aromatic rings. The van der Waals surface area contributed by atoms with Gasteiger partial charge in [0, 0.05) is 51.5 Å². The van der Waals surface area contributed by atoms with Crippen LogP contribution in [0.2, 0.25) is 0 Å². The van der Waals surface area contributed by atoms with E-state index < -0.39 is 0 Å². The molecule has 0 saturated carbocycles. The molecule has 0 aliphatic carbocycles. The monoisotopic (exact) mass is 335 g/mol. The van der Waals surface area contributed by atoms with E-state index in [1.54, 1.807) is 0 Å². The quantitative estimate of drug-likeness (QED) is 0.830. The summed E-state index contributed by atoms with van der Waals surface area (Å²) in [6.45, 7) is 9.60. The Labute approximate surface area is 151 Å². The molecule has 4 rings (SSSR count). The minimum absolute atomic E-state index is 0.840. The Kier molecular flexibility index (Phi) is 5.34. The highest BCUT2D eigenvalue weighted by atomic mass is 15.3. The molecular formula is C22H29N3. The molecular weight excluding hydrogens is 306 g/mol. The van der Waals surface area contributed by atoms with Gasteiger partial charge in [-0.1, -0.05) is 48.5 Å². The third-order valence-electron chi connectivity index (χ3n) is 5.63. The smallest absolute Gasteiger partial charge is 0.0367 e. The van der Waals surface area contributed by atoms with Crippen molar-refractivity contribution in [3.63, 3.8) is 0 Å². The summed E-state index contributed by atoms with van der Waals surface area (Å²) in [5.74, 6) is 0.840. The Hall–Kier alpha value is -1.84. The summed E-state index contributed by atoms with van der Waals surface area (Å²) in [4.78, 5) is 7.82. The molecule has 3 heteroatoms. The van der Waals surface area contributed by atoms with Crippen LogP contribution < -0.4 is 4.90 Å². The zero-order valence-electron chi connectivity index (χ0n) is 15.1. The van der Waals surface area contributed by atoms with Gasteiger partial charge in [0.15, 0.2) is 0 Å². The second-order valence-electron chi connectivity index (χ2n) is 7.50. The average Bonchev–Trinajstić information content (AvgIpc) is 3.11. The topological polar surface area (TPSA) is 9.72 Å². The molecule has 25 heavy (non-hydrogen) atoms. The number of rotatable bonds is 5. The van der Waals surface area contributed by atoms with Crippen molar-refractivity contribution in [3.05, 3.63) is 66.2 Å². The fraction of sp³-hybridized carbons (Fsp3) is 0.455. The molecule has 0 N–H and O–H groups in total. The van der Waals surface area contributed by atoms with E-state index in [0.717, 1.165) is 25.6 Å². The van der Waals surface area contributed by atoms with Gasteiger partial charge in [-0.3, -0.25) is 9.80 Å². The maximum Gasteiger partial charge on any atom is 0.0367 e. The lowest BCUT2D eigenvalue weighted by Gasteiger charge is -2.37. The second kappa shape index (κ2) is 8.03. The lowest BCUT2D eigenvalue weighted by Crippen LogP contribution is -2.48. The molecule has 0 radical (unpaired) electrons. The highest BCUT2D eigenvalue weighted by Gasteiger charge is 2.26. The van der Waals surface area contributed by atoms with Gasteiger partial charge in [-0.15, -0.1) is 0 Å². The number of para-hydroxylation sites is 1. The molecule has 0 unspecified atom stereocenters. The minimum Gasteiger partial charge on any atom is -0.369 e. The van der Waals surface area contributed by atoms with Crippen LogP contribution in [0.15, 0.2) is 60.7 Å². The molecule has 2 aromatic carbocycles. The van der Waals surface area contributed by atoms with Crippen LogP contribution in [-0.4, -0.2) is 55.6 Å². The molecule has 2 aliphatic rings. The number of benzene rings is 2. The van der Waals surface area contributed by atoms with Crippen LogP contribution in [0.1, 0.15) is 12.0 Å². The molecule has 132 valence electrons. The number of anilines is 1. The van der Waals surface area contributed by atoms with Gasteiger partial charge in [0.2, 0.25) is 0 Å². The third kappa shape index (κ3) is 4.42. The van der Waals surface area contributed by atoms with Crippen LogP contribution >= 0.6 is 0 Å². The fourth-order valence-electron chi connectivity index (χ4n) is 4.24. The van der Waals surface area contributed by atoms with Gasteiger partial charge in [0.05, 0.1) is 0 Å². The number of hydrogen-bond donors (Lipinski definition) is 0. The van der Waals surface area contributed by atoms with Crippen molar-refractivity contribution in [2.45, 2.75) is 13.0 Å². The molecule has 2 saturated heterocycles. The molecule has 0 spiro atoms. The van der Waals surface area contributed by atoms with E-state index in [-0.39, 0.29) is 0 Å². The largest absolute Gasteiger partial charge is 0.369 e. The minimum atomic E-state index is 0.840. The van der Waals surface area contributed by atoms with Gasteiger partial charge in [-0.2, -0.15) is 0 Å². The number of likely N-dealkylation sites (tertiary alicyclic amines) is 1. The van der Waals surface area contributed by atoms with Crippen LogP contribution in [0.25, 0.3) is 0 Å². The molecule has 0 bridgehead atoms. The normalized spacial score (nSPS) is 22.4. The van der Waals surface area contributed by atoms with E-state index in [1.807, 2.05) is 0 Å². The Bertz CT molecular complexity index is 635. The zero-order chi connectivity index (χ0) is 16.9. The Balaban J connectivity index is 1.22. The molecule has 2 heterocycles. The summed E-state index contributed by atoms with van der Waals surface area (Å²) in [5, 5.41) is 0. The lowest BCUT2D eigenvalue weighted by atomic mass is 10.1. The maximum atomic E-state index is 2.68.